The number of nitrogens with zero attached hydrogens (tertiary/aromatic N) is 3. The Morgan fingerprint density at radius 1 is 1.12 bits per heavy atom. The van der Waals surface area contributed by atoms with Crippen LogP contribution in [0.3, 0.4) is 0 Å². The fraction of sp³-hybridized carbons (Fsp3) is 0.343. The molecule has 0 spiro atoms. The summed E-state index contributed by atoms with van der Waals surface area (Å²) in [6, 6.07) is 20.0. The minimum Gasteiger partial charge on any atom is -0.494 e. The molecule has 1 heterocycles. The predicted molar refractivity (Wildman–Crippen MR) is 186 cm³/mol. The maximum absolute atomic E-state index is 10.0. The van der Waals surface area contributed by atoms with Crippen LogP contribution in [0, 0.1) is 6.92 Å². The Kier molecular flexibility index (Phi) is 22.9. The van der Waals surface area contributed by atoms with Crippen molar-refractivity contribution in [1.82, 2.24) is 9.29 Å². The Morgan fingerprint density at radius 2 is 1.76 bits per heavy atom. The molecule has 3 rings (SSSR count). The molecule has 0 fully saturated rings. The van der Waals surface area contributed by atoms with Crippen LogP contribution < -0.4 is 10.1 Å². The highest BCUT2D eigenvalue weighted by Crippen LogP contribution is 2.13. The summed E-state index contributed by atoms with van der Waals surface area (Å²) in [6.07, 6.45) is 12.8. The van der Waals surface area contributed by atoms with Gasteiger partial charge >= 0.3 is 0 Å². The van der Waals surface area contributed by atoms with Crippen molar-refractivity contribution in [2.45, 2.75) is 40.0 Å². The summed E-state index contributed by atoms with van der Waals surface area (Å²) in [4.78, 5) is 18.4. The molecule has 2 aromatic carbocycles. The molecule has 1 aromatic heterocycles. The highest BCUT2D eigenvalue weighted by molar-refractivity contribution is 7.96. The van der Waals surface area contributed by atoms with Crippen LogP contribution >= 0.6 is 11.9 Å². The number of anilines is 1. The number of benzene rings is 2. The van der Waals surface area contributed by atoms with E-state index in [-0.39, 0.29) is 0 Å². The number of aryl methyl sites for hydroxylation is 1. The zero-order valence-corrected chi connectivity index (χ0v) is 27.6. The third-order valence-corrected chi connectivity index (χ3v) is 6.43. The SMILES string of the molecule is C=Cc1ccc(OCCCC=O)cc1.CC/C(C)=C/C(=NC)c1cccnc1.CNc1ccc(C)cc1.CSN(C)C. The number of aliphatic imine (C=N–C) groups is 1. The molecule has 0 bridgehead atoms. The molecule has 7 heteroatoms. The third kappa shape index (κ3) is 19.4. The van der Waals surface area contributed by atoms with Crippen LogP contribution in [-0.2, 0) is 4.79 Å². The topological polar surface area (TPSA) is 66.8 Å². The zero-order chi connectivity index (χ0) is 31.6. The predicted octanol–water partition coefficient (Wildman–Crippen LogP) is 8.41. The van der Waals surface area contributed by atoms with Crippen LogP contribution in [0.25, 0.3) is 6.08 Å². The van der Waals surface area contributed by atoms with E-state index in [1.54, 1.807) is 24.2 Å². The number of nitrogens with one attached hydrogen (secondary N) is 1. The van der Waals surface area contributed by atoms with Gasteiger partial charge in [0.15, 0.2) is 0 Å². The molecule has 1 N–H and O–H groups in total. The molecule has 6 nitrogen and oxygen atoms in total. The molecular formula is C35H50N4O2S. The van der Waals surface area contributed by atoms with Crippen LogP contribution in [-0.4, -0.2) is 62.3 Å². The molecular weight excluding hydrogens is 540 g/mol. The van der Waals surface area contributed by atoms with Gasteiger partial charge in [0.05, 0.1) is 12.3 Å². The van der Waals surface area contributed by atoms with Crippen LogP contribution in [0.15, 0.2) is 96.3 Å². The number of unbranched alkanes of at least 4 members (excludes halogenated alkanes) is 1. The van der Waals surface area contributed by atoms with Crippen LogP contribution in [0.2, 0.25) is 0 Å². The third-order valence-electron chi connectivity index (χ3n) is 5.70. The number of hydrogen-bond acceptors (Lipinski definition) is 7. The van der Waals surface area contributed by atoms with Crippen molar-refractivity contribution in [1.29, 1.82) is 0 Å². The van der Waals surface area contributed by atoms with Gasteiger partial charge in [0, 0.05) is 44.2 Å². The minimum atomic E-state index is 0.560. The molecule has 42 heavy (non-hydrogen) atoms. The summed E-state index contributed by atoms with van der Waals surface area (Å²) in [5.74, 6) is 0.835. The molecule has 228 valence electrons. The lowest BCUT2D eigenvalue weighted by atomic mass is 10.1. The van der Waals surface area contributed by atoms with Crippen molar-refractivity contribution in [3.05, 3.63) is 108 Å². The monoisotopic (exact) mass is 590 g/mol. The second-order valence-corrected chi connectivity index (χ2v) is 10.3. The maximum Gasteiger partial charge on any atom is 0.120 e. The highest BCUT2D eigenvalue weighted by Gasteiger charge is 1.98. The normalized spacial score (nSPS) is 10.6. The molecule has 0 saturated heterocycles. The lowest BCUT2D eigenvalue weighted by Crippen LogP contribution is -1.98. The largest absolute Gasteiger partial charge is 0.494 e. The number of ether oxygens (including phenoxy) is 1. The molecule has 0 radical (unpaired) electrons. The van der Waals surface area contributed by atoms with Crippen molar-refractivity contribution in [3.8, 4) is 5.75 Å². The highest BCUT2D eigenvalue weighted by atomic mass is 32.2. The Labute approximate surface area is 259 Å². The minimum absolute atomic E-state index is 0.560. The summed E-state index contributed by atoms with van der Waals surface area (Å²) in [5, 5.41) is 3.05. The molecule has 0 aliphatic heterocycles. The van der Waals surface area contributed by atoms with E-state index in [2.05, 4.69) is 73.0 Å². The second kappa shape index (κ2) is 25.1. The van der Waals surface area contributed by atoms with Crippen LogP contribution in [0.5, 0.6) is 5.75 Å². The summed E-state index contributed by atoms with van der Waals surface area (Å²) in [7, 11) is 7.77. The lowest BCUT2D eigenvalue weighted by Gasteiger charge is -2.04. The number of allylic oxidation sites excluding steroid dienone is 2. The van der Waals surface area contributed by atoms with Crippen LogP contribution in [0.4, 0.5) is 5.69 Å². The Bertz CT molecular complexity index is 1160. The molecule has 0 aliphatic carbocycles. The van der Waals surface area contributed by atoms with E-state index in [1.165, 1.54) is 16.8 Å². The van der Waals surface area contributed by atoms with E-state index in [9.17, 15) is 4.79 Å². The second-order valence-electron chi connectivity index (χ2n) is 9.24. The lowest BCUT2D eigenvalue weighted by molar-refractivity contribution is -0.108. The number of rotatable bonds is 11. The van der Waals surface area contributed by atoms with Crippen LogP contribution in [0.1, 0.15) is 49.8 Å². The first-order valence-corrected chi connectivity index (χ1v) is 15.2. The zero-order valence-electron chi connectivity index (χ0n) is 26.8. The van der Waals surface area contributed by atoms with Gasteiger partial charge < -0.3 is 14.8 Å². The average molecular weight is 591 g/mol. The van der Waals surface area contributed by atoms with Crippen molar-refractivity contribution in [2.24, 2.45) is 4.99 Å². The van der Waals surface area contributed by atoms with Gasteiger partial charge in [-0.15, -0.1) is 0 Å². The van der Waals surface area contributed by atoms with Gasteiger partial charge in [-0.25, -0.2) is 0 Å². The van der Waals surface area contributed by atoms with E-state index in [0.717, 1.165) is 41.7 Å². The Morgan fingerprint density at radius 3 is 2.21 bits per heavy atom. The van der Waals surface area contributed by atoms with Crippen molar-refractivity contribution >= 4 is 35.7 Å². The Balaban J connectivity index is 0.000000566. The first-order chi connectivity index (χ1) is 20.2. The maximum atomic E-state index is 10.0. The fourth-order valence-corrected chi connectivity index (χ4v) is 2.90. The first-order valence-electron chi connectivity index (χ1n) is 14.0. The van der Waals surface area contributed by atoms with Gasteiger partial charge in [-0.05, 0) is 95.1 Å². The number of aldehydes is 1. The number of carbonyl (C=O) groups excluding carboxylic acids is 1. The van der Waals surface area contributed by atoms with Gasteiger partial charge in [0.2, 0.25) is 0 Å². The Hall–Kier alpha value is -3.68. The summed E-state index contributed by atoms with van der Waals surface area (Å²) < 4.78 is 7.46. The van der Waals surface area contributed by atoms with Gasteiger partial charge in [0.25, 0.3) is 0 Å². The first kappa shape index (κ1) is 38.3. The summed E-state index contributed by atoms with van der Waals surface area (Å²) in [6.45, 7) is 10.6. The fourth-order valence-electron chi connectivity index (χ4n) is 2.90. The molecule has 0 amide bonds. The van der Waals surface area contributed by atoms with E-state index in [1.807, 2.05) is 81.3 Å². The quantitative estimate of drug-likeness (QED) is 0.105. The van der Waals surface area contributed by atoms with Gasteiger partial charge in [-0.3, -0.25) is 14.3 Å². The van der Waals surface area contributed by atoms with E-state index < -0.39 is 0 Å². The standard InChI is InChI=1S/C12H16N2.C12H14O2.C8H11N.C3H9NS/c1-4-10(2)8-12(13-3)11-6-5-7-14-9-11;1-2-11-5-7-12(8-6-11)14-10-4-3-9-13;1-7-3-5-8(9-2)6-4-7;1-4(2)5-3/h5-9H,4H2,1-3H3;2,5-9H,1,3-4,10H2;3-6,9H,1-2H3;1-3H3/b10-8+,13-12?;;;. The number of hydrogen-bond donors (Lipinski definition) is 1. The van der Waals surface area contributed by atoms with Crippen molar-refractivity contribution < 1.29 is 9.53 Å². The van der Waals surface area contributed by atoms with Crippen molar-refractivity contribution in [2.75, 3.05) is 46.4 Å². The van der Waals surface area contributed by atoms with Gasteiger partial charge in [-0.1, -0.05) is 66.9 Å². The number of aromatic nitrogens is 1. The van der Waals surface area contributed by atoms with E-state index in [4.69, 9.17) is 4.74 Å². The van der Waals surface area contributed by atoms with Gasteiger partial charge in [0.1, 0.15) is 12.0 Å². The molecule has 0 saturated carbocycles. The summed E-state index contributed by atoms with van der Waals surface area (Å²) >= 11 is 1.71. The molecule has 3 aromatic rings. The molecule has 0 atom stereocenters. The van der Waals surface area contributed by atoms with Crippen molar-refractivity contribution in [3.63, 3.8) is 0 Å². The smallest absolute Gasteiger partial charge is 0.120 e. The van der Waals surface area contributed by atoms with E-state index >= 15 is 0 Å². The van der Waals surface area contributed by atoms with Gasteiger partial charge in [-0.2, -0.15) is 0 Å². The summed E-state index contributed by atoms with van der Waals surface area (Å²) in [5.41, 5.74) is 6.94. The average Bonchev–Trinajstić information content (AvgIpc) is 3.03. The number of carbonyl (C=O) groups is 1. The number of pyridine rings is 1. The van der Waals surface area contributed by atoms with E-state index in [0.29, 0.717) is 13.0 Å². The molecule has 0 unspecified atom stereocenters. The molecule has 0 aliphatic rings.